The predicted octanol–water partition coefficient (Wildman–Crippen LogP) is 2.37. The van der Waals surface area contributed by atoms with Crippen molar-refractivity contribution in [2.24, 2.45) is 0 Å². The number of anilines is 1. The summed E-state index contributed by atoms with van der Waals surface area (Å²) in [6.07, 6.45) is -3.46. The zero-order valence-electron chi connectivity index (χ0n) is 11.7. The molecule has 0 aliphatic carbocycles. The van der Waals surface area contributed by atoms with E-state index in [0.717, 1.165) is 12.1 Å². The number of rotatable bonds is 3. The van der Waals surface area contributed by atoms with E-state index in [0.29, 0.717) is 26.1 Å². The van der Waals surface area contributed by atoms with Crippen molar-refractivity contribution < 1.29 is 27.8 Å². The molecule has 5 nitrogen and oxygen atoms in total. The van der Waals surface area contributed by atoms with Crippen LogP contribution in [0.4, 0.5) is 23.7 Å². The number of aliphatic hydroxyl groups is 1. The molecule has 0 unspecified atom stereocenters. The van der Waals surface area contributed by atoms with Crippen molar-refractivity contribution in [2.45, 2.75) is 24.6 Å². The lowest BCUT2D eigenvalue weighted by molar-refractivity contribution is -0.137. The molecule has 122 valence electrons. The molecule has 1 aliphatic rings. The van der Waals surface area contributed by atoms with E-state index in [9.17, 15) is 23.1 Å². The number of halogens is 3. The molecule has 1 aromatic rings. The van der Waals surface area contributed by atoms with E-state index >= 15 is 0 Å². The first-order chi connectivity index (χ1) is 10.3. The van der Waals surface area contributed by atoms with E-state index in [-0.39, 0.29) is 12.3 Å². The highest BCUT2D eigenvalue weighted by atomic mass is 19.4. The van der Waals surface area contributed by atoms with Gasteiger partial charge in [-0.05, 0) is 37.1 Å². The number of nitrogens with one attached hydrogen (secondary N) is 2. The van der Waals surface area contributed by atoms with Crippen LogP contribution in [0.3, 0.4) is 0 Å². The Bertz CT molecular complexity index is 511. The summed E-state index contributed by atoms with van der Waals surface area (Å²) in [5, 5.41) is 14.6. The van der Waals surface area contributed by atoms with Crippen molar-refractivity contribution >= 4 is 11.7 Å². The molecule has 0 aromatic heterocycles. The molecule has 0 bridgehead atoms. The van der Waals surface area contributed by atoms with E-state index in [1.807, 2.05) is 0 Å². The molecular weight excluding hydrogens is 301 g/mol. The third-order valence-corrected chi connectivity index (χ3v) is 3.60. The number of carbonyl (C=O) groups excluding carboxylic acids is 1. The maximum Gasteiger partial charge on any atom is 0.416 e. The first kappa shape index (κ1) is 16.6. The topological polar surface area (TPSA) is 70.6 Å². The van der Waals surface area contributed by atoms with E-state index in [1.165, 1.54) is 12.1 Å². The van der Waals surface area contributed by atoms with Gasteiger partial charge in [-0.25, -0.2) is 4.79 Å². The van der Waals surface area contributed by atoms with Crippen LogP contribution in [0.25, 0.3) is 0 Å². The lowest BCUT2D eigenvalue weighted by Crippen LogP contribution is -2.55. The van der Waals surface area contributed by atoms with Gasteiger partial charge in [0.05, 0.1) is 17.7 Å². The van der Waals surface area contributed by atoms with Gasteiger partial charge in [0.25, 0.3) is 0 Å². The van der Waals surface area contributed by atoms with E-state index in [4.69, 9.17) is 4.74 Å². The fourth-order valence-electron chi connectivity index (χ4n) is 2.23. The van der Waals surface area contributed by atoms with Crippen LogP contribution in [0.5, 0.6) is 0 Å². The standard InChI is InChI=1S/C14H17F3N2O3/c15-14(16,17)10-1-3-11(4-2-10)18-12(21)19-13(9-20)5-7-22-8-6-13/h1-4,20H,5-9H2,(H2,18,19,21). The maximum absolute atomic E-state index is 12.4. The van der Waals surface area contributed by atoms with Crippen LogP contribution in [0.2, 0.25) is 0 Å². The van der Waals surface area contributed by atoms with Gasteiger partial charge in [-0.2, -0.15) is 13.2 Å². The highest BCUT2D eigenvalue weighted by Crippen LogP contribution is 2.29. The van der Waals surface area contributed by atoms with Gasteiger partial charge in [-0.15, -0.1) is 0 Å². The van der Waals surface area contributed by atoms with Gasteiger partial charge in [0.2, 0.25) is 0 Å². The Morgan fingerprint density at radius 3 is 2.32 bits per heavy atom. The van der Waals surface area contributed by atoms with Crippen molar-refractivity contribution in [3.05, 3.63) is 29.8 Å². The molecule has 1 aliphatic heterocycles. The van der Waals surface area contributed by atoms with Crippen molar-refractivity contribution in [1.29, 1.82) is 0 Å². The monoisotopic (exact) mass is 318 g/mol. The van der Waals surface area contributed by atoms with Crippen molar-refractivity contribution in [3.8, 4) is 0 Å². The second-order valence-electron chi connectivity index (χ2n) is 5.21. The van der Waals surface area contributed by atoms with Crippen LogP contribution in [0.15, 0.2) is 24.3 Å². The molecular formula is C14H17F3N2O3. The Labute approximate surface area is 125 Å². The SMILES string of the molecule is O=C(Nc1ccc(C(F)(F)F)cc1)NC1(CO)CCOCC1. The van der Waals surface area contributed by atoms with Gasteiger partial charge < -0.3 is 20.5 Å². The molecule has 0 spiro atoms. The predicted molar refractivity (Wildman–Crippen MR) is 73.5 cm³/mol. The molecule has 2 amide bonds. The largest absolute Gasteiger partial charge is 0.416 e. The number of alkyl halides is 3. The number of hydrogen-bond acceptors (Lipinski definition) is 3. The van der Waals surface area contributed by atoms with Crippen LogP contribution in [-0.4, -0.2) is 36.5 Å². The van der Waals surface area contributed by atoms with Crippen LogP contribution >= 0.6 is 0 Å². The first-order valence-electron chi connectivity index (χ1n) is 6.80. The van der Waals surface area contributed by atoms with E-state index in [1.54, 1.807) is 0 Å². The lowest BCUT2D eigenvalue weighted by atomic mass is 9.91. The summed E-state index contributed by atoms with van der Waals surface area (Å²) >= 11 is 0. The average molecular weight is 318 g/mol. The van der Waals surface area contributed by atoms with Gasteiger partial charge in [0.15, 0.2) is 0 Å². The number of hydrogen-bond donors (Lipinski definition) is 3. The highest BCUT2D eigenvalue weighted by Gasteiger charge is 2.33. The maximum atomic E-state index is 12.4. The summed E-state index contributed by atoms with van der Waals surface area (Å²) in [5.74, 6) is 0. The lowest BCUT2D eigenvalue weighted by Gasteiger charge is -2.36. The van der Waals surface area contributed by atoms with Crippen LogP contribution in [0.1, 0.15) is 18.4 Å². The van der Waals surface area contributed by atoms with Gasteiger partial charge in [-0.1, -0.05) is 0 Å². The molecule has 8 heteroatoms. The highest BCUT2D eigenvalue weighted by molar-refractivity contribution is 5.89. The molecule has 1 aromatic carbocycles. The Balaban J connectivity index is 1.96. The number of urea groups is 1. The third-order valence-electron chi connectivity index (χ3n) is 3.60. The Hall–Kier alpha value is -1.80. The molecule has 22 heavy (non-hydrogen) atoms. The molecule has 0 saturated carbocycles. The summed E-state index contributed by atoms with van der Waals surface area (Å²) in [7, 11) is 0. The summed E-state index contributed by atoms with van der Waals surface area (Å²) < 4.78 is 42.5. The molecule has 2 rings (SSSR count). The third kappa shape index (κ3) is 4.11. The molecule has 1 fully saturated rings. The van der Waals surface area contributed by atoms with Gasteiger partial charge >= 0.3 is 12.2 Å². The summed E-state index contributed by atoms with van der Waals surface area (Å²) in [4.78, 5) is 11.9. The zero-order valence-corrected chi connectivity index (χ0v) is 11.7. The van der Waals surface area contributed by atoms with Gasteiger partial charge in [0.1, 0.15) is 0 Å². The van der Waals surface area contributed by atoms with Crippen LogP contribution in [0, 0.1) is 0 Å². The molecule has 0 radical (unpaired) electrons. The van der Waals surface area contributed by atoms with E-state index < -0.39 is 23.3 Å². The number of carbonyl (C=O) groups is 1. The average Bonchev–Trinajstić information content (AvgIpc) is 2.47. The minimum atomic E-state index is -4.41. The minimum absolute atomic E-state index is 0.225. The fourth-order valence-corrected chi connectivity index (χ4v) is 2.23. The quantitative estimate of drug-likeness (QED) is 0.801. The summed E-state index contributed by atoms with van der Waals surface area (Å²) in [6, 6.07) is 3.57. The number of amides is 2. The second kappa shape index (κ2) is 6.53. The van der Waals surface area contributed by atoms with Crippen molar-refractivity contribution in [3.63, 3.8) is 0 Å². The van der Waals surface area contributed by atoms with Gasteiger partial charge in [-0.3, -0.25) is 0 Å². The van der Waals surface area contributed by atoms with Gasteiger partial charge in [0, 0.05) is 18.9 Å². The first-order valence-corrected chi connectivity index (χ1v) is 6.80. The Morgan fingerprint density at radius 1 is 1.23 bits per heavy atom. The Morgan fingerprint density at radius 2 is 1.82 bits per heavy atom. The summed E-state index contributed by atoms with van der Waals surface area (Å²) in [5.41, 5.74) is -1.30. The zero-order chi connectivity index (χ0) is 16.2. The fraction of sp³-hybridized carbons (Fsp3) is 0.500. The van der Waals surface area contributed by atoms with Crippen LogP contribution < -0.4 is 10.6 Å². The smallest absolute Gasteiger partial charge is 0.394 e. The molecule has 1 heterocycles. The molecule has 1 saturated heterocycles. The minimum Gasteiger partial charge on any atom is -0.394 e. The van der Waals surface area contributed by atoms with Crippen molar-refractivity contribution in [1.82, 2.24) is 5.32 Å². The van der Waals surface area contributed by atoms with Crippen molar-refractivity contribution in [2.75, 3.05) is 25.1 Å². The normalized spacial score (nSPS) is 17.8. The molecule has 3 N–H and O–H groups in total. The molecule has 0 atom stereocenters. The van der Waals surface area contributed by atoms with E-state index in [2.05, 4.69) is 10.6 Å². The van der Waals surface area contributed by atoms with Crippen LogP contribution in [-0.2, 0) is 10.9 Å². The summed E-state index contributed by atoms with van der Waals surface area (Å²) in [6.45, 7) is 0.638. The Kier molecular flexibility index (Phi) is 4.92. The number of benzene rings is 1. The number of ether oxygens (including phenoxy) is 1. The second-order valence-corrected chi connectivity index (χ2v) is 5.21. The number of aliphatic hydroxyl groups excluding tert-OH is 1.